The quantitative estimate of drug-likeness (QED) is 0.626. The van der Waals surface area contributed by atoms with Crippen LogP contribution in [0.5, 0.6) is 0 Å². The van der Waals surface area contributed by atoms with Crippen LogP contribution in [0.15, 0.2) is 60.2 Å². The second-order valence-electron chi connectivity index (χ2n) is 6.13. The van der Waals surface area contributed by atoms with Crippen molar-refractivity contribution in [2.45, 2.75) is 12.8 Å². The molecule has 1 aliphatic heterocycles. The zero-order valence-electron chi connectivity index (χ0n) is 13.4. The summed E-state index contributed by atoms with van der Waals surface area (Å²) in [6.07, 6.45) is 4.44. The number of halogens is 1. The Morgan fingerprint density at radius 2 is 1.79 bits per heavy atom. The summed E-state index contributed by atoms with van der Waals surface area (Å²) in [5, 5.41) is 1.92. The van der Waals surface area contributed by atoms with Crippen LogP contribution in [-0.4, -0.2) is 18.1 Å². The van der Waals surface area contributed by atoms with E-state index in [4.69, 9.17) is 16.6 Å². The second-order valence-corrected chi connectivity index (χ2v) is 6.57. The number of fused-ring (bicyclic) bond motifs is 1. The highest BCUT2D eigenvalue weighted by atomic mass is 35.5. The van der Waals surface area contributed by atoms with Gasteiger partial charge in [-0.05, 0) is 60.9 Å². The number of piperidine rings is 1. The SMILES string of the molecule is Clc1ccc(C=C2CCN(c3ccc4c[c]ccc4n3)CC2)cc1. The summed E-state index contributed by atoms with van der Waals surface area (Å²) in [7, 11) is 0. The molecule has 3 aromatic rings. The summed E-state index contributed by atoms with van der Waals surface area (Å²) in [6.45, 7) is 2.02. The normalized spacial score (nSPS) is 14.9. The molecule has 1 aromatic heterocycles. The Morgan fingerprint density at radius 3 is 2.58 bits per heavy atom. The molecule has 1 radical (unpaired) electrons. The van der Waals surface area contributed by atoms with Crippen LogP contribution in [0.2, 0.25) is 5.02 Å². The van der Waals surface area contributed by atoms with Gasteiger partial charge in [-0.1, -0.05) is 41.4 Å². The maximum absolute atomic E-state index is 5.95. The molecule has 0 N–H and O–H groups in total. The van der Waals surface area contributed by atoms with Gasteiger partial charge in [0.2, 0.25) is 0 Å². The van der Waals surface area contributed by atoms with E-state index in [1.165, 1.54) is 11.1 Å². The zero-order valence-corrected chi connectivity index (χ0v) is 14.1. The Kier molecular flexibility index (Phi) is 4.22. The third-order valence-electron chi connectivity index (χ3n) is 4.49. The minimum absolute atomic E-state index is 0.784. The van der Waals surface area contributed by atoms with Crippen molar-refractivity contribution in [3.63, 3.8) is 0 Å². The van der Waals surface area contributed by atoms with Gasteiger partial charge in [0, 0.05) is 23.5 Å². The molecule has 119 valence electrons. The number of hydrogen-bond donors (Lipinski definition) is 0. The predicted octanol–water partition coefficient (Wildman–Crippen LogP) is 5.37. The molecule has 0 unspecified atom stereocenters. The fourth-order valence-corrected chi connectivity index (χ4v) is 3.26. The van der Waals surface area contributed by atoms with Gasteiger partial charge in [-0.3, -0.25) is 0 Å². The summed E-state index contributed by atoms with van der Waals surface area (Å²) >= 11 is 5.95. The Labute approximate surface area is 147 Å². The number of hydrogen-bond acceptors (Lipinski definition) is 2. The summed E-state index contributed by atoms with van der Waals surface area (Å²) in [5.41, 5.74) is 3.75. The first-order chi connectivity index (χ1) is 11.8. The number of anilines is 1. The van der Waals surface area contributed by atoms with Crippen LogP contribution in [0, 0.1) is 6.07 Å². The van der Waals surface area contributed by atoms with Crippen LogP contribution in [0.3, 0.4) is 0 Å². The zero-order chi connectivity index (χ0) is 16.4. The molecular weight excluding hydrogens is 316 g/mol. The minimum Gasteiger partial charge on any atom is -0.356 e. The van der Waals surface area contributed by atoms with Crippen molar-refractivity contribution in [3.05, 3.63) is 76.8 Å². The maximum Gasteiger partial charge on any atom is 0.129 e. The Morgan fingerprint density at radius 1 is 1.00 bits per heavy atom. The lowest BCUT2D eigenvalue weighted by Crippen LogP contribution is -2.31. The van der Waals surface area contributed by atoms with Gasteiger partial charge < -0.3 is 4.90 Å². The van der Waals surface area contributed by atoms with E-state index in [0.29, 0.717) is 0 Å². The third kappa shape index (κ3) is 3.29. The van der Waals surface area contributed by atoms with Crippen molar-refractivity contribution in [1.82, 2.24) is 4.98 Å². The van der Waals surface area contributed by atoms with Gasteiger partial charge in [-0.25, -0.2) is 4.98 Å². The van der Waals surface area contributed by atoms with E-state index in [9.17, 15) is 0 Å². The van der Waals surface area contributed by atoms with Gasteiger partial charge in [-0.15, -0.1) is 0 Å². The molecular formula is C21H18ClN2. The lowest BCUT2D eigenvalue weighted by molar-refractivity contribution is 0.682. The first-order valence-electron chi connectivity index (χ1n) is 8.25. The van der Waals surface area contributed by atoms with Crippen LogP contribution in [0.1, 0.15) is 18.4 Å². The summed E-state index contributed by atoms with van der Waals surface area (Å²) in [5.74, 6) is 1.07. The molecule has 0 saturated carbocycles. The first kappa shape index (κ1) is 15.2. The van der Waals surface area contributed by atoms with E-state index in [1.807, 2.05) is 30.3 Å². The molecule has 0 amide bonds. The Balaban J connectivity index is 1.47. The van der Waals surface area contributed by atoms with E-state index in [-0.39, 0.29) is 0 Å². The number of pyridine rings is 1. The van der Waals surface area contributed by atoms with Crippen molar-refractivity contribution in [1.29, 1.82) is 0 Å². The predicted molar refractivity (Wildman–Crippen MR) is 101 cm³/mol. The molecule has 0 bridgehead atoms. The van der Waals surface area contributed by atoms with E-state index >= 15 is 0 Å². The Bertz CT molecular complexity index is 874. The standard InChI is InChI=1S/C21H18ClN2/c22-19-8-5-16(6-9-19)15-17-11-13-24(14-12-17)21-10-7-18-3-1-2-4-20(18)23-21/h2-10,15H,11-14H2. The minimum atomic E-state index is 0.784. The van der Waals surface area contributed by atoms with Gasteiger partial charge in [0.15, 0.2) is 0 Å². The van der Waals surface area contributed by atoms with Crippen molar-refractivity contribution in [3.8, 4) is 0 Å². The molecule has 2 aromatic carbocycles. The van der Waals surface area contributed by atoms with Crippen molar-refractivity contribution in [2.75, 3.05) is 18.0 Å². The molecule has 2 heterocycles. The molecule has 1 aliphatic rings. The topological polar surface area (TPSA) is 16.1 Å². The fourth-order valence-electron chi connectivity index (χ4n) is 3.13. The van der Waals surface area contributed by atoms with Gasteiger partial charge in [0.25, 0.3) is 0 Å². The number of benzene rings is 2. The Hall–Kier alpha value is -2.32. The smallest absolute Gasteiger partial charge is 0.129 e. The average molecular weight is 334 g/mol. The molecule has 1 saturated heterocycles. The highest BCUT2D eigenvalue weighted by Crippen LogP contribution is 2.25. The van der Waals surface area contributed by atoms with Crippen molar-refractivity contribution >= 4 is 34.4 Å². The van der Waals surface area contributed by atoms with Crippen LogP contribution < -0.4 is 4.90 Å². The number of nitrogens with zero attached hydrogens (tertiary/aromatic N) is 2. The first-order valence-corrected chi connectivity index (χ1v) is 8.62. The van der Waals surface area contributed by atoms with E-state index in [1.54, 1.807) is 0 Å². The van der Waals surface area contributed by atoms with Crippen molar-refractivity contribution < 1.29 is 0 Å². The molecule has 1 fully saturated rings. The average Bonchev–Trinajstić information content (AvgIpc) is 2.64. The second kappa shape index (κ2) is 6.66. The fraction of sp³-hybridized carbons (Fsp3) is 0.190. The molecule has 0 spiro atoms. The highest BCUT2D eigenvalue weighted by molar-refractivity contribution is 6.30. The van der Waals surface area contributed by atoms with E-state index in [2.05, 4.69) is 41.3 Å². The number of aromatic nitrogens is 1. The van der Waals surface area contributed by atoms with Crippen LogP contribution in [-0.2, 0) is 0 Å². The van der Waals surface area contributed by atoms with Crippen LogP contribution >= 0.6 is 11.6 Å². The van der Waals surface area contributed by atoms with Gasteiger partial charge in [-0.2, -0.15) is 0 Å². The van der Waals surface area contributed by atoms with Gasteiger partial charge in [0.05, 0.1) is 5.52 Å². The van der Waals surface area contributed by atoms with E-state index in [0.717, 1.165) is 47.7 Å². The number of rotatable bonds is 2. The summed E-state index contributed by atoms with van der Waals surface area (Å²) < 4.78 is 0. The summed E-state index contributed by atoms with van der Waals surface area (Å²) in [4.78, 5) is 7.16. The molecule has 24 heavy (non-hydrogen) atoms. The monoisotopic (exact) mass is 333 g/mol. The molecule has 3 heteroatoms. The highest BCUT2D eigenvalue weighted by Gasteiger charge is 2.15. The molecule has 2 nitrogen and oxygen atoms in total. The summed E-state index contributed by atoms with van der Waals surface area (Å²) in [6, 6.07) is 21.3. The third-order valence-corrected chi connectivity index (χ3v) is 4.74. The lowest BCUT2D eigenvalue weighted by Gasteiger charge is -2.29. The largest absolute Gasteiger partial charge is 0.356 e. The van der Waals surface area contributed by atoms with Crippen molar-refractivity contribution in [2.24, 2.45) is 0 Å². The van der Waals surface area contributed by atoms with E-state index < -0.39 is 0 Å². The van der Waals surface area contributed by atoms with Crippen LogP contribution in [0.4, 0.5) is 5.82 Å². The maximum atomic E-state index is 5.95. The van der Waals surface area contributed by atoms with Gasteiger partial charge >= 0.3 is 0 Å². The molecule has 4 rings (SSSR count). The lowest BCUT2D eigenvalue weighted by atomic mass is 10.0. The molecule has 0 atom stereocenters. The molecule has 0 aliphatic carbocycles. The van der Waals surface area contributed by atoms with Crippen LogP contribution in [0.25, 0.3) is 17.0 Å². The van der Waals surface area contributed by atoms with Gasteiger partial charge in [0.1, 0.15) is 5.82 Å².